The quantitative estimate of drug-likeness (QED) is 0.570. The number of aromatic hydroxyl groups is 1. The van der Waals surface area contributed by atoms with Crippen LogP contribution in [0.1, 0.15) is 0 Å². The molecule has 0 unspecified atom stereocenters. The van der Waals surface area contributed by atoms with Crippen molar-refractivity contribution in [3.8, 4) is 5.75 Å². The second kappa shape index (κ2) is 5.38. The Morgan fingerprint density at radius 2 is 1.69 bits per heavy atom. The predicted molar refractivity (Wildman–Crippen MR) is 48.2 cm³/mol. The zero-order chi connectivity index (χ0) is 11.9. The summed E-state index contributed by atoms with van der Waals surface area (Å²) >= 11 is 0. The number of phenols is 1. The molecule has 0 saturated heterocycles. The van der Waals surface area contributed by atoms with E-state index in [-0.39, 0.29) is 51.4 Å². The number of rotatable bonds is 2. The smallest absolute Gasteiger partial charge is 0.508 e. The third kappa shape index (κ3) is 4.36. The summed E-state index contributed by atoms with van der Waals surface area (Å²) in [7, 11) is -4.26. The van der Waals surface area contributed by atoms with Crippen LogP contribution in [-0.2, 0) is 10.0 Å². The molecule has 1 aromatic rings. The molecule has 0 aromatic heterocycles. The summed E-state index contributed by atoms with van der Waals surface area (Å²) in [4.78, 5) is -0.767. The minimum atomic E-state index is -5.38. The average Bonchev–Trinajstić information content (AvgIpc) is 1.99. The number of halogens is 3. The van der Waals surface area contributed by atoms with Crippen molar-refractivity contribution in [1.29, 1.82) is 0 Å². The van der Waals surface area contributed by atoms with Crippen molar-refractivity contribution in [2.45, 2.75) is 4.90 Å². The number of sulfonamides is 1. The van der Waals surface area contributed by atoms with Crippen LogP contribution in [0.5, 0.6) is 5.75 Å². The number of benzene rings is 1. The SMILES string of the molecule is NS(=O)(=O)c1cc(O)cc([B-](F)(F)F)c1.[K+]. The normalized spacial score (nSPS) is 12.0. The standard InChI is InChI=1S/C6H6BF3NO3S.K/c8-7(9,10)4-1-5(12)3-6(2-4)15(11,13)14;/h1-3,12H,(H2,11,13,14);/q-1;+1. The van der Waals surface area contributed by atoms with Crippen LogP contribution in [0.2, 0.25) is 0 Å². The minimum Gasteiger partial charge on any atom is -0.508 e. The van der Waals surface area contributed by atoms with Crippen LogP contribution in [0.25, 0.3) is 0 Å². The van der Waals surface area contributed by atoms with Crippen LogP contribution >= 0.6 is 0 Å². The largest absolute Gasteiger partial charge is 1.00 e. The van der Waals surface area contributed by atoms with E-state index in [1.807, 2.05) is 0 Å². The molecular weight excluding hydrogens is 273 g/mol. The first-order valence-corrected chi connectivity index (χ1v) is 5.22. The minimum absolute atomic E-state index is 0. The Labute approximate surface area is 133 Å². The summed E-state index contributed by atoms with van der Waals surface area (Å²) in [5.41, 5.74) is -1.21. The number of nitrogens with two attached hydrogens (primary N) is 1. The molecule has 0 amide bonds. The van der Waals surface area contributed by atoms with E-state index in [0.717, 1.165) is 0 Å². The molecule has 0 bridgehead atoms. The second-order valence-corrected chi connectivity index (χ2v) is 4.44. The summed E-state index contributed by atoms with van der Waals surface area (Å²) < 4.78 is 58.3. The van der Waals surface area contributed by atoms with Crippen LogP contribution in [0, 0.1) is 0 Å². The van der Waals surface area contributed by atoms with Crippen molar-refractivity contribution >= 4 is 22.5 Å². The van der Waals surface area contributed by atoms with Gasteiger partial charge in [-0.15, -0.1) is 5.46 Å². The molecule has 0 heterocycles. The van der Waals surface area contributed by atoms with E-state index in [1.54, 1.807) is 0 Å². The van der Waals surface area contributed by atoms with Crippen LogP contribution in [0.4, 0.5) is 12.9 Å². The Bertz CT molecular complexity index is 490. The van der Waals surface area contributed by atoms with Gasteiger partial charge in [0.25, 0.3) is 0 Å². The van der Waals surface area contributed by atoms with E-state index in [1.165, 1.54) is 0 Å². The van der Waals surface area contributed by atoms with Gasteiger partial charge in [-0.3, -0.25) is 0 Å². The molecule has 10 heteroatoms. The van der Waals surface area contributed by atoms with E-state index in [2.05, 4.69) is 5.14 Å². The Morgan fingerprint density at radius 3 is 2.06 bits per heavy atom. The molecule has 1 rings (SSSR count). The molecule has 4 nitrogen and oxygen atoms in total. The van der Waals surface area contributed by atoms with Crippen molar-refractivity contribution in [1.82, 2.24) is 0 Å². The number of primary sulfonamides is 1. The molecule has 0 aliphatic rings. The van der Waals surface area contributed by atoms with Gasteiger partial charge in [-0.1, -0.05) is 6.07 Å². The molecule has 84 valence electrons. The zero-order valence-corrected chi connectivity index (χ0v) is 12.1. The van der Waals surface area contributed by atoms with Gasteiger partial charge in [0.15, 0.2) is 0 Å². The summed E-state index contributed by atoms with van der Waals surface area (Å²) in [6, 6.07) is 1.48. The summed E-state index contributed by atoms with van der Waals surface area (Å²) in [5.74, 6) is -0.796. The fraction of sp³-hybridized carbons (Fsp3) is 0. The van der Waals surface area contributed by atoms with Crippen LogP contribution < -0.4 is 62.0 Å². The maximum atomic E-state index is 12.3. The molecule has 0 aliphatic heterocycles. The molecule has 0 aliphatic carbocycles. The van der Waals surface area contributed by atoms with E-state index in [9.17, 15) is 21.4 Å². The van der Waals surface area contributed by atoms with Gasteiger partial charge in [-0.2, -0.15) is 0 Å². The fourth-order valence-corrected chi connectivity index (χ4v) is 1.54. The second-order valence-electron chi connectivity index (χ2n) is 2.88. The first-order chi connectivity index (χ1) is 6.60. The molecule has 0 fully saturated rings. The van der Waals surface area contributed by atoms with Crippen molar-refractivity contribution in [2.24, 2.45) is 5.14 Å². The van der Waals surface area contributed by atoms with E-state index < -0.39 is 33.1 Å². The zero-order valence-electron chi connectivity index (χ0n) is 8.19. The average molecular weight is 279 g/mol. The summed E-state index contributed by atoms with van der Waals surface area (Å²) in [5, 5.41) is 13.5. The van der Waals surface area contributed by atoms with Crippen molar-refractivity contribution in [2.75, 3.05) is 0 Å². The third-order valence-corrected chi connectivity index (χ3v) is 2.51. The Hall–Kier alpha value is 0.421. The van der Waals surface area contributed by atoms with Crippen molar-refractivity contribution < 1.29 is 77.9 Å². The van der Waals surface area contributed by atoms with Crippen LogP contribution in [-0.4, -0.2) is 20.5 Å². The molecule has 1 aromatic carbocycles. The maximum Gasteiger partial charge on any atom is 1.00 e. The van der Waals surface area contributed by atoms with E-state index in [4.69, 9.17) is 5.11 Å². The Kier molecular flexibility index (Phi) is 5.52. The molecule has 16 heavy (non-hydrogen) atoms. The number of phenolic OH excluding ortho intramolecular Hbond substituents is 1. The first-order valence-electron chi connectivity index (χ1n) is 3.67. The van der Waals surface area contributed by atoms with E-state index in [0.29, 0.717) is 18.2 Å². The topological polar surface area (TPSA) is 80.4 Å². The Morgan fingerprint density at radius 1 is 1.19 bits per heavy atom. The summed E-state index contributed by atoms with van der Waals surface area (Å²) in [6.07, 6.45) is 0. The molecule has 3 N–H and O–H groups in total. The van der Waals surface area contributed by atoms with Gasteiger partial charge in [-0.25, -0.2) is 13.6 Å². The maximum absolute atomic E-state index is 12.3. The number of hydrogen-bond acceptors (Lipinski definition) is 3. The number of hydrogen-bond donors (Lipinski definition) is 2. The van der Waals surface area contributed by atoms with Gasteiger partial charge in [-0.05, 0) is 12.1 Å². The van der Waals surface area contributed by atoms with Gasteiger partial charge in [0.1, 0.15) is 5.75 Å². The molecule has 0 spiro atoms. The monoisotopic (exact) mass is 279 g/mol. The molecule has 0 saturated carbocycles. The van der Waals surface area contributed by atoms with Crippen LogP contribution in [0.15, 0.2) is 23.1 Å². The van der Waals surface area contributed by atoms with Gasteiger partial charge in [0, 0.05) is 0 Å². The summed E-state index contributed by atoms with van der Waals surface area (Å²) in [6.45, 7) is -5.38. The van der Waals surface area contributed by atoms with Crippen molar-refractivity contribution in [3.63, 3.8) is 0 Å². The molecular formula is C6H6BF3KNO3S. The van der Waals surface area contributed by atoms with Gasteiger partial charge < -0.3 is 18.1 Å². The van der Waals surface area contributed by atoms with Crippen molar-refractivity contribution in [3.05, 3.63) is 18.2 Å². The molecule has 0 radical (unpaired) electrons. The van der Waals surface area contributed by atoms with Gasteiger partial charge in [0.05, 0.1) is 4.90 Å². The van der Waals surface area contributed by atoms with Crippen LogP contribution in [0.3, 0.4) is 0 Å². The Balaban J connectivity index is 0.00000225. The fourth-order valence-electron chi connectivity index (χ4n) is 0.959. The third-order valence-electron chi connectivity index (χ3n) is 1.62. The predicted octanol–water partition coefficient (Wildman–Crippen LogP) is -2.90. The van der Waals surface area contributed by atoms with E-state index >= 15 is 0 Å². The van der Waals surface area contributed by atoms with Gasteiger partial charge in [0.2, 0.25) is 10.0 Å². The first kappa shape index (κ1) is 16.4. The molecule has 0 atom stereocenters. The van der Waals surface area contributed by atoms with Gasteiger partial charge >= 0.3 is 58.4 Å².